The van der Waals surface area contributed by atoms with Gasteiger partial charge in [0.2, 0.25) is 0 Å². The molecule has 0 heterocycles. The predicted octanol–water partition coefficient (Wildman–Crippen LogP) is 2.57. The molecule has 1 unspecified atom stereocenters. The van der Waals surface area contributed by atoms with Crippen molar-refractivity contribution in [3.05, 3.63) is 12.2 Å². The van der Waals surface area contributed by atoms with Crippen molar-refractivity contribution in [1.82, 2.24) is 0 Å². The average molecular weight is 152 g/mol. The van der Waals surface area contributed by atoms with Gasteiger partial charge in [-0.05, 0) is 30.3 Å². The Labute approximate surface area is 68.5 Å². The summed E-state index contributed by atoms with van der Waals surface area (Å²) in [7, 11) is 0. The quantitative estimate of drug-likeness (QED) is 0.528. The van der Waals surface area contributed by atoms with Gasteiger partial charge in [0.25, 0.3) is 0 Å². The molecule has 0 aromatic heterocycles. The van der Waals surface area contributed by atoms with Crippen LogP contribution in [-0.2, 0) is 4.79 Å². The van der Waals surface area contributed by atoms with Crippen LogP contribution in [0.3, 0.4) is 0 Å². The normalized spacial score (nSPS) is 26.3. The third-order valence-electron chi connectivity index (χ3n) is 2.53. The van der Waals surface area contributed by atoms with Crippen LogP contribution >= 0.6 is 0 Å². The van der Waals surface area contributed by atoms with Crippen molar-refractivity contribution < 1.29 is 4.79 Å². The van der Waals surface area contributed by atoms with Crippen LogP contribution in [0, 0.1) is 11.8 Å². The van der Waals surface area contributed by atoms with Crippen molar-refractivity contribution in [1.29, 1.82) is 0 Å². The minimum atomic E-state index is 0.287. The van der Waals surface area contributed by atoms with Gasteiger partial charge in [-0.3, -0.25) is 4.79 Å². The molecule has 1 heteroatoms. The maximum atomic E-state index is 11.2. The molecule has 0 aromatic rings. The van der Waals surface area contributed by atoms with Gasteiger partial charge in [-0.1, -0.05) is 20.4 Å². The van der Waals surface area contributed by atoms with Gasteiger partial charge in [0, 0.05) is 6.42 Å². The van der Waals surface area contributed by atoms with Crippen molar-refractivity contribution in [3.8, 4) is 0 Å². The molecule has 0 aliphatic heterocycles. The highest BCUT2D eigenvalue weighted by molar-refractivity contribution is 5.95. The lowest BCUT2D eigenvalue weighted by molar-refractivity contribution is -0.117. The van der Waals surface area contributed by atoms with E-state index in [4.69, 9.17) is 0 Å². The predicted molar refractivity (Wildman–Crippen MR) is 46.3 cm³/mol. The lowest BCUT2D eigenvalue weighted by Crippen LogP contribution is -2.22. The highest BCUT2D eigenvalue weighted by Gasteiger charge is 2.25. The molecule has 1 aliphatic rings. The van der Waals surface area contributed by atoms with E-state index < -0.39 is 0 Å². The molecule has 1 rings (SSSR count). The molecule has 1 saturated carbocycles. The van der Waals surface area contributed by atoms with Crippen LogP contribution < -0.4 is 0 Å². The molecule has 0 N–H and O–H groups in total. The zero-order chi connectivity index (χ0) is 8.43. The molecule has 1 aliphatic carbocycles. The van der Waals surface area contributed by atoms with Crippen molar-refractivity contribution in [3.63, 3.8) is 0 Å². The Morgan fingerprint density at radius 1 is 1.55 bits per heavy atom. The van der Waals surface area contributed by atoms with Crippen molar-refractivity contribution in [2.24, 2.45) is 11.8 Å². The van der Waals surface area contributed by atoms with Crippen LogP contribution in [0.15, 0.2) is 12.2 Å². The van der Waals surface area contributed by atoms with Crippen LogP contribution in [0.1, 0.15) is 33.1 Å². The Morgan fingerprint density at radius 3 is 2.64 bits per heavy atom. The van der Waals surface area contributed by atoms with Gasteiger partial charge in [-0.25, -0.2) is 0 Å². The molecule has 0 aromatic carbocycles. The van der Waals surface area contributed by atoms with Gasteiger partial charge in [-0.15, -0.1) is 0 Å². The standard InChI is InChI=1S/C10H16O/c1-7(2)9-5-4-6-10(11)8(9)3/h7,9H,3-6H2,1-2H3. The molecule has 1 atom stereocenters. The summed E-state index contributed by atoms with van der Waals surface area (Å²) < 4.78 is 0. The molecule has 1 fully saturated rings. The monoisotopic (exact) mass is 152 g/mol. The van der Waals surface area contributed by atoms with Crippen LogP contribution in [0.25, 0.3) is 0 Å². The second-order valence-electron chi connectivity index (χ2n) is 3.69. The first-order valence-corrected chi connectivity index (χ1v) is 4.35. The summed E-state index contributed by atoms with van der Waals surface area (Å²) in [6.45, 7) is 8.17. The molecule has 1 nitrogen and oxygen atoms in total. The fourth-order valence-electron chi connectivity index (χ4n) is 1.76. The highest BCUT2D eigenvalue weighted by Crippen LogP contribution is 2.30. The fraction of sp³-hybridized carbons (Fsp3) is 0.700. The number of carbonyl (C=O) groups excluding carboxylic acids is 1. The molecule has 0 saturated heterocycles. The molecule has 0 radical (unpaired) electrons. The van der Waals surface area contributed by atoms with Crippen LogP contribution in [0.2, 0.25) is 0 Å². The van der Waals surface area contributed by atoms with E-state index in [1.165, 1.54) is 0 Å². The largest absolute Gasteiger partial charge is 0.295 e. The van der Waals surface area contributed by atoms with E-state index in [0.29, 0.717) is 11.8 Å². The van der Waals surface area contributed by atoms with Crippen molar-refractivity contribution in [2.75, 3.05) is 0 Å². The highest BCUT2D eigenvalue weighted by atomic mass is 16.1. The van der Waals surface area contributed by atoms with Crippen molar-refractivity contribution >= 4 is 5.78 Å². The van der Waals surface area contributed by atoms with Crippen LogP contribution in [0.4, 0.5) is 0 Å². The summed E-state index contributed by atoms with van der Waals surface area (Å²) >= 11 is 0. The van der Waals surface area contributed by atoms with E-state index >= 15 is 0 Å². The van der Waals surface area contributed by atoms with Gasteiger partial charge in [0.1, 0.15) is 0 Å². The minimum absolute atomic E-state index is 0.287. The SMILES string of the molecule is C=C1C(=O)CCCC1C(C)C. The van der Waals surface area contributed by atoms with E-state index in [0.717, 1.165) is 24.8 Å². The Hall–Kier alpha value is -0.590. The minimum Gasteiger partial charge on any atom is -0.295 e. The third-order valence-corrected chi connectivity index (χ3v) is 2.53. The number of allylic oxidation sites excluding steroid dienone is 1. The van der Waals surface area contributed by atoms with Gasteiger partial charge in [0.15, 0.2) is 5.78 Å². The van der Waals surface area contributed by atoms with Gasteiger partial charge < -0.3 is 0 Å². The molecular formula is C10H16O. The topological polar surface area (TPSA) is 17.1 Å². The molecule has 0 bridgehead atoms. The van der Waals surface area contributed by atoms with E-state index in [2.05, 4.69) is 20.4 Å². The number of rotatable bonds is 1. The summed E-state index contributed by atoms with van der Waals surface area (Å²) in [5.74, 6) is 1.32. The van der Waals surface area contributed by atoms with E-state index in [1.54, 1.807) is 0 Å². The summed E-state index contributed by atoms with van der Waals surface area (Å²) in [6, 6.07) is 0. The van der Waals surface area contributed by atoms with E-state index in [9.17, 15) is 4.79 Å². The van der Waals surface area contributed by atoms with Gasteiger partial charge in [-0.2, -0.15) is 0 Å². The maximum absolute atomic E-state index is 11.2. The Morgan fingerprint density at radius 2 is 2.18 bits per heavy atom. The summed E-state index contributed by atoms with van der Waals surface area (Å²) in [5.41, 5.74) is 0.867. The summed E-state index contributed by atoms with van der Waals surface area (Å²) in [5, 5.41) is 0. The smallest absolute Gasteiger partial charge is 0.158 e. The van der Waals surface area contributed by atoms with Gasteiger partial charge in [0.05, 0.1) is 0 Å². The third kappa shape index (κ3) is 1.70. The summed E-state index contributed by atoms with van der Waals surface area (Å²) in [6.07, 6.45) is 2.94. The van der Waals surface area contributed by atoms with Gasteiger partial charge >= 0.3 is 0 Å². The zero-order valence-electron chi connectivity index (χ0n) is 7.39. The Bertz CT molecular complexity index is 179. The van der Waals surface area contributed by atoms with Crippen molar-refractivity contribution in [2.45, 2.75) is 33.1 Å². The van der Waals surface area contributed by atoms with Crippen LogP contribution in [-0.4, -0.2) is 5.78 Å². The maximum Gasteiger partial charge on any atom is 0.158 e. The van der Waals surface area contributed by atoms with E-state index in [1.807, 2.05) is 0 Å². The number of hydrogen-bond donors (Lipinski definition) is 0. The van der Waals surface area contributed by atoms with E-state index in [-0.39, 0.29) is 5.78 Å². The lowest BCUT2D eigenvalue weighted by atomic mass is 9.78. The molecular weight excluding hydrogens is 136 g/mol. The number of ketones is 1. The second-order valence-corrected chi connectivity index (χ2v) is 3.69. The number of hydrogen-bond acceptors (Lipinski definition) is 1. The molecule has 0 amide bonds. The Kier molecular flexibility index (Phi) is 2.48. The molecule has 11 heavy (non-hydrogen) atoms. The molecule has 62 valence electrons. The molecule has 0 spiro atoms. The fourth-order valence-corrected chi connectivity index (χ4v) is 1.76. The first-order valence-electron chi connectivity index (χ1n) is 4.35. The summed E-state index contributed by atoms with van der Waals surface area (Å²) in [4.78, 5) is 11.2. The Balaban J connectivity index is 2.66. The number of Topliss-reactive ketones (excluding diaryl/α,β-unsaturated/α-hetero) is 1. The average Bonchev–Trinajstić information content (AvgIpc) is 1.94. The lowest BCUT2D eigenvalue weighted by Gasteiger charge is -2.26. The first kappa shape index (κ1) is 8.51. The van der Waals surface area contributed by atoms with Crippen LogP contribution in [0.5, 0.6) is 0 Å². The first-order chi connectivity index (χ1) is 5.13. The zero-order valence-corrected chi connectivity index (χ0v) is 7.39. The second kappa shape index (κ2) is 3.21. The number of carbonyl (C=O) groups is 1.